The maximum Gasteiger partial charge on any atom is 0.313 e. The topological polar surface area (TPSA) is 52.6 Å². The van der Waals surface area contributed by atoms with E-state index in [0.29, 0.717) is 12.5 Å². The minimum absolute atomic E-state index is 0.102. The van der Waals surface area contributed by atoms with Crippen molar-refractivity contribution in [2.24, 2.45) is 23.7 Å². The number of rotatable bonds is 4. The zero-order valence-electron chi connectivity index (χ0n) is 12.8. The van der Waals surface area contributed by atoms with Crippen LogP contribution in [0.15, 0.2) is 0 Å². The van der Waals surface area contributed by atoms with Crippen molar-refractivity contribution in [3.8, 4) is 0 Å². The van der Waals surface area contributed by atoms with Crippen molar-refractivity contribution in [3.05, 3.63) is 0 Å². The number of cyclic esters (lactones) is 1. The van der Waals surface area contributed by atoms with Crippen LogP contribution in [0.4, 0.5) is 0 Å². The Bertz CT molecular complexity index is 357. The van der Waals surface area contributed by atoms with E-state index in [4.69, 9.17) is 9.47 Å². The minimum Gasteiger partial charge on any atom is -0.466 e. The molecule has 1 aliphatic carbocycles. The number of hydrogen-bond acceptors (Lipinski definition) is 4. The lowest BCUT2D eigenvalue weighted by molar-refractivity contribution is -0.153. The smallest absolute Gasteiger partial charge is 0.313 e. The maximum atomic E-state index is 12.3. The van der Waals surface area contributed by atoms with Crippen LogP contribution in [0, 0.1) is 23.7 Å². The van der Waals surface area contributed by atoms with Crippen LogP contribution in [0.25, 0.3) is 0 Å². The van der Waals surface area contributed by atoms with E-state index >= 15 is 0 Å². The van der Waals surface area contributed by atoms with E-state index < -0.39 is 5.92 Å². The molecule has 0 N–H and O–H groups in total. The van der Waals surface area contributed by atoms with E-state index in [1.807, 2.05) is 13.8 Å². The van der Waals surface area contributed by atoms with Gasteiger partial charge in [0.25, 0.3) is 0 Å². The zero-order chi connectivity index (χ0) is 14.7. The van der Waals surface area contributed by atoms with E-state index in [9.17, 15) is 9.59 Å². The fourth-order valence-electron chi connectivity index (χ4n) is 3.70. The summed E-state index contributed by atoms with van der Waals surface area (Å²) in [6.45, 7) is 6.10. The van der Waals surface area contributed by atoms with E-state index in [-0.39, 0.29) is 29.9 Å². The lowest BCUT2D eigenvalue weighted by Crippen LogP contribution is -2.37. The molecule has 0 amide bonds. The molecular weight excluding hydrogens is 256 g/mol. The molecule has 0 unspecified atom stereocenters. The molecule has 1 aliphatic heterocycles. The molecule has 1 saturated carbocycles. The third kappa shape index (κ3) is 2.99. The monoisotopic (exact) mass is 282 g/mol. The quantitative estimate of drug-likeness (QED) is 0.744. The van der Waals surface area contributed by atoms with Crippen LogP contribution in [0.5, 0.6) is 0 Å². The average molecular weight is 282 g/mol. The Balaban J connectivity index is 2.20. The van der Waals surface area contributed by atoms with Gasteiger partial charge in [0.2, 0.25) is 0 Å². The van der Waals surface area contributed by atoms with Gasteiger partial charge in [0.05, 0.1) is 12.5 Å². The van der Waals surface area contributed by atoms with Crippen LogP contribution >= 0.6 is 0 Å². The first kappa shape index (κ1) is 15.3. The highest BCUT2D eigenvalue weighted by molar-refractivity contribution is 5.86. The van der Waals surface area contributed by atoms with Crippen molar-refractivity contribution in [2.75, 3.05) is 6.61 Å². The number of hydrogen-bond donors (Lipinski definition) is 0. The van der Waals surface area contributed by atoms with Crippen LogP contribution in [-0.4, -0.2) is 24.6 Å². The highest BCUT2D eigenvalue weighted by atomic mass is 16.6. The Kier molecular flexibility index (Phi) is 5.06. The minimum atomic E-state index is -0.412. The van der Waals surface area contributed by atoms with Crippen LogP contribution < -0.4 is 0 Å². The molecule has 0 spiro atoms. The molecule has 2 rings (SSSR count). The largest absolute Gasteiger partial charge is 0.466 e. The average Bonchev–Trinajstić information content (AvgIpc) is 2.78. The molecule has 3 atom stereocenters. The molecule has 0 aromatic carbocycles. The van der Waals surface area contributed by atoms with Gasteiger partial charge in [-0.3, -0.25) is 9.59 Å². The molecule has 0 aromatic rings. The molecular formula is C16H26O4. The molecule has 2 aliphatic rings. The predicted octanol–water partition coefficient (Wildman–Crippen LogP) is 2.94. The van der Waals surface area contributed by atoms with Crippen molar-refractivity contribution in [2.45, 2.75) is 59.0 Å². The Morgan fingerprint density at radius 2 is 1.95 bits per heavy atom. The molecule has 0 aromatic heterocycles. The van der Waals surface area contributed by atoms with E-state index in [2.05, 4.69) is 0 Å². The van der Waals surface area contributed by atoms with Crippen molar-refractivity contribution in [1.29, 1.82) is 0 Å². The summed E-state index contributed by atoms with van der Waals surface area (Å²) >= 11 is 0. The number of carbonyl (C=O) groups excluding carboxylic acids is 2. The third-order valence-electron chi connectivity index (χ3n) is 4.66. The van der Waals surface area contributed by atoms with Gasteiger partial charge in [0, 0.05) is 0 Å². The van der Waals surface area contributed by atoms with Gasteiger partial charge in [-0.15, -0.1) is 0 Å². The van der Waals surface area contributed by atoms with Crippen LogP contribution in [0.1, 0.15) is 52.9 Å². The predicted molar refractivity (Wildman–Crippen MR) is 74.9 cm³/mol. The number of ether oxygens (including phenoxy) is 2. The second kappa shape index (κ2) is 6.59. The Labute approximate surface area is 121 Å². The SMILES string of the molecule is CCOC(=O)[C@@H]1[C@@H](C(C)C)C(=O)O[C@H]1C1CCCCC1. The third-order valence-corrected chi connectivity index (χ3v) is 4.66. The highest BCUT2D eigenvalue weighted by Gasteiger charge is 2.53. The Hall–Kier alpha value is -1.06. The van der Waals surface area contributed by atoms with Gasteiger partial charge < -0.3 is 9.47 Å². The molecule has 0 radical (unpaired) electrons. The van der Waals surface area contributed by atoms with Crippen molar-refractivity contribution < 1.29 is 19.1 Å². The summed E-state index contributed by atoms with van der Waals surface area (Å²) in [6.07, 6.45) is 5.42. The van der Waals surface area contributed by atoms with Crippen molar-refractivity contribution >= 4 is 11.9 Å². The first-order valence-electron chi connectivity index (χ1n) is 7.93. The fourth-order valence-corrected chi connectivity index (χ4v) is 3.70. The number of carbonyl (C=O) groups is 2. The van der Waals surface area contributed by atoms with Crippen LogP contribution in [0.3, 0.4) is 0 Å². The molecule has 0 bridgehead atoms. The highest BCUT2D eigenvalue weighted by Crippen LogP contribution is 2.42. The second-order valence-electron chi connectivity index (χ2n) is 6.35. The van der Waals surface area contributed by atoms with Crippen molar-refractivity contribution in [3.63, 3.8) is 0 Å². The lowest BCUT2D eigenvalue weighted by Gasteiger charge is -2.30. The van der Waals surface area contributed by atoms with Gasteiger partial charge in [-0.1, -0.05) is 33.1 Å². The normalized spacial score (nSPS) is 31.4. The van der Waals surface area contributed by atoms with Crippen LogP contribution in [0.2, 0.25) is 0 Å². The van der Waals surface area contributed by atoms with Gasteiger partial charge in [0.1, 0.15) is 12.0 Å². The lowest BCUT2D eigenvalue weighted by atomic mass is 9.75. The van der Waals surface area contributed by atoms with Gasteiger partial charge >= 0.3 is 11.9 Å². The first-order chi connectivity index (χ1) is 9.56. The molecule has 2 fully saturated rings. The molecule has 1 heterocycles. The summed E-state index contributed by atoms with van der Waals surface area (Å²) < 4.78 is 10.8. The van der Waals surface area contributed by atoms with E-state index in [1.165, 1.54) is 19.3 Å². The van der Waals surface area contributed by atoms with E-state index in [1.54, 1.807) is 6.92 Å². The summed E-state index contributed by atoms with van der Waals surface area (Å²) in [6, 6.07) is 0. The Morgan fingerprint density at radius 3 is 2.50 bits per heavy atom. The maximum absolute atomic E-state index is 12.3. The van der Waals surface area contributed by atoms with E-state index in [0.717, 1.165) is 12.8 Å². The summed E-state index contributed by atoms with van der Waals surface area (Å²) in [5.41, 5.74) is 0. The standard InChI is InChI=1S/C16H26O4/c1-4-19-15(17)13-12(10(2)3)16(18)20-14(13)11-8-6-5-7-9-11/h10-14H,4-9H2,1-3H3/t12-,13-,14+/m1/s1. The van der Waals surface area contributed by atoms with Crippen LogP contribution in [-0.2, 0) is 19.1 Å². The molecule has 1 saturated heterocycles. The number of esters is 2. The molecule has 114 valence electrons. The molecule has 4 nitrogen and oxygen atoms in total. The van der Waals surface area contributed by atoms with Gasteiger partial charge in [-0.25, -0.2) is 0 Å². The van der Waals surface area contributed by atoms with Gasteiger partial charge in [-0.05, 0) is 31.6 Å². The molecule has 20 heavy (non-hydrogen) atoms. The Morgan fingerprint density at radius 1 is 1.30 bits per heavy atom. The first-order valence-corrected chi connectivity index (χ1v) is 7.93. The zero-order valence-corrected chi connectivity index (χ0v) is 12.8. The summed E-state index contributed by atoms with van der Waals surface area (Å²) in [7, 11) is 0. The fraction of sp³-hybridized carbons (Fsp3) is 0.875. The van der Waals surface area contributed by atoms with Gasteiger partial charge in [-0.2, -0.15) is 0 Å². The summed E-state index contributed by atoms with van der Waals surface area (Å²) in [5, 5.41) is 0. The summed E-state index contributed by atoms with van der Waals surface area (Å²) in [5.74, 6) is -0.802. The van der Waals surface area contributed by atoms with Gasteiger partial charge in [0.15, 0.2) is 0 Å². The summed E-state index contributed by atoms with van der Waals surface area (Å²) in [4.78, 5) is 24.5. The van der Waals surface area contributed by atoms with Crippen molar-refractivity contribution in [1.82, 2.24) is 0 Å². The second-order valence-corrected chi connectivity index (χ2v) is 6.35. The molecule has 4 heteroatoms.